The molecule has 12 rings (SSSR count). The molecule has 0 spiro atoms. The number of aliphatic hydroxyl groups excluding tert-OH is 32. The van der Waals surface area contributed by atoms with E-state index in [-0.39, 0.29) is 0 Å². The van der Waals surface area contributed by atoms with Gasteiger partial charge in [-0.15, -0.1) is 0 Å². The smallest absolute Gasteiger partial charge is 0.217 e. The fourth-order valence-electron chi connectivity index (χ4n) is 19.1. The first-order valence-electron chi connectivity index (χ1n) is 47.0. The highest BCUT2D eigenvalue weighted by Gasteiger charge is 2.64. The molecular weight excluding hydrogens is 2010 g/mol. The van der Waals surface area contributed by atoms with Crippen LogP contribution in [0, 0.1) is 0 Å². The van der Waals surface area contributed by atoms with Crippen molar-refractivity contribution in [2.24, 2.45) is 0 Å². The molecule has 12 saturated heterocycles. The topological polar surface area (TPSA) is 1010 Å². The van der Waals surface area contributed by atoms with E-state index in [2.05, 4.69) is 26.6 Å². The largest absolute Gasteiger partial charge is 0.394 e. The van der Waals surface area contributed by atoms with Crippen molar-refractivity contribution < 1.29 is 296 Å². The predicted molar refractivity (Wildman–Crippen MR) is 452 cm³/mol. The molecule has 0 aromatic heterocycles. The second-order valence-electron chi connectivity index (χ2n) is 37.4. The SMILES string of the molecule is CC(=O)N[C@@H]1[C@@H](O)[C@H](O[C@@H]2O[C@H](CO)[C@@H](O[C@@H]3O[C@H](CO[C@H]4O[C@H](CO[C@H]5O[C@H](CO)[C@@H](O)[C@H](O)[C@@H]5O)[C@@H](O)[C@H](O[C@H]5O[C@H](CO)[C@@H](O)[C@H](O)[C@@H]5O)[C@@H]4O)[C@@H](O[C@@H]4O[C@H](CO)[C@@H](O)[C@H](O)[C@H]4NC(C)=O)[C@H](O[C@H]4O[C@H](CO)[C@@H](O[C@@H]5O[C@H](CO)[C@@H](O[C@@H]6O[C@H](CO)[C@H](O)[C@H](O)[C@H]6O)[C@H](O)[C@H]5NC(C)=O)[C@H](O)[C@@H]4O[C@@H]4O[C@H](CO)[C@@H](O)[C@H](O)[C@H]4NC(C)=O)[C@@H]3O)[C@H](O)[C@H]2NC(C)=O)[C@@H](CO[C@@H]2O[C@@H](C)[C@@H](O)[C@@H](O)[C@@H]2O)O[C@H]1O. The Kier molecular flexibility index (Phi) is 43.4. The lowest BCUT2D eigenvalue weighted by molar-refractivity contribution is -0.413. The molecule has 0 unspecified atom stereocenters. The van der Waals surface area contributed by atoms with Crippen LogP contribution < -0.4 is 26.6 Å². The van der Waals surface area contributed by atoms with E-state index in [9.17, 15) is 187 Å². The summed E-state index contributed by atoms with van der Waals surface area (Å²) in [6, 6.07) is -10.4. The van der Waals surface area contributed by atoms with Gasteiger partial charge in [0.25, 0.3) is 0 Å². The second-order valence-corrected chi connectivity index (χ2v) is 37.4. The Morgan fingerprint density at radius 2 is 0.429 bits per heavy atom. The monoisotopic (exact) mass is 2150 g/mol. The molecule has 0 aromatic carbocycles. The van der Waals surface area contributed by atoms with Crippen molar-refractivity contribution >= 4 is 29.5 Å². The quantitative estimate of drug-likeness (QED) is 0.0273. The Morgan fingerprint density at radius 1 is 0.190 bits per heavy atom. The minimum atomic E-state index is -2.93. The number of hydrogen-bond acceptors (Lipinski definition) is 60. The van der Waals surface area contributed by atoms with Crippen LogP contribution in [0.1, 0.15) is 41.5 Å². The highest BCUT2D eigenvalue weighted by atomic mass is 16.8. The van der Waals surface area contributed by atoms with Crippen LogP contribution in [-0.2, 0) is 133 Å². The van der Waals surface area contributed by atoms with Gasteiger partial charge in [-0.3, -0.25) is 24.0 Å². The maximum Gasteiger partial charge on any atom is 0.217 e. The van der Waals surface area contributed by atoms with E-state index in [1.807, 2.05) is 0 Å². The van der Waals surface area contributed by atoms with Gasteiger partial charge >= 0.3 is 0 Å². The van der Waals surface area contributed by atoms with Crippen molar-refractivity contribution in [2.75, 3.05) is 72.7 Å². The van der Waals surface area contributed by atoms with Gasteiger partial charge in [-0.2, -0.15) is 0 Å². The molecule has 0 aliphatic carbocycles. The van der Waals surface area contributed by atoms with E-state index < -0.39 is 470 Å². The minimum Gasteiger partial charge on any atom is -0.394 e. The lowest BCUT2D eigenvalue weighted by Crippen LogP contribution is -2.72. The van der Waals surface area contributed by atoms with E-state index >= 15 is 0 Å². The summed E-state index contributed by atoms with van der Waals surface area (Å²) in [7, 11) is 0. The summed E-state index contributed by atoms with van der Waals surface area (Å²) in [5.74, 6) is -5.15. The van der Waals surface area contributed by atoms with Crippen molar-refractivity contribution in [3.05, 3.63) is 0 Å². The minimum absolute atomic E-state index is 0.862. The van der Waals surface area contributed by atoms with E-state index in [1.54, 1.807) is 0 Å². The number of ether oxygens (including phenoxy) is 23. The number of hydrogen-bond donors (Lipinski definition) is 37. The van der Waals surface area contributed by atoms with Gasteiger partial charge in [0.1, 0.15) is 287 Å². The van der Waals surface area contributed by atoms with E-state index in [4.69, 9.17) is 109 Å². The molecule has 0 aromatic rings. The zero-order valence-corrected chi connectivity index (χ0v) is 79.2. The van der Waals surface area contributed by atoms with Gasteiger partial charge in [-0.25, -0.2) is 0 Å². The molecule has 0 radical (unpaired) electrons. The Balaban J connectivity index is 0.993. The molecule has 12 fully saturated rings. The van der Waals surface area contributed by atoms with Crippen LogP contribution in [0.3, 0.4) is 0 Å². The van der Waals surface area contributed by atoms with Crippen molar-refractivity contribution in [2.45, 2.75) is 410 Å². The Labute approximate surface area is 832 Å². The molecular formula is C82H137N5O60. The summed E-state index contributed by atoms with van der Waals surface area (Å²) in [6.07, 6.45) is -123. The van der Waals surface area contributed by atoms with Crippen molar-refractivity contribution in [3.63, 3.8) is 0 Å². The van der Waals surface area contributed by atoms with Crippen LogP contribution in [0.4, 0.5) is 0 Å². The van der Waals surface area contributed by atoms with Crippen molar-refractivity contribution in [3.8, 4) is 0 Å². The Hall–Kier alpha value is -4.85. The molecule has 0 saturated carbocycles. The molecule has 850 valence electrons. The van der Waals surface area contributed by atoms with Gasteiger partial charge in [0.15, 0.2) is 75.5 Å². The molecule has 60 atom stereocenters. The maximum atomic E-state index is 13.8. The molecule has 12 aliphatic rings. The summed E-state index contributed by atoms with van der Waals surface area (Å²) in [6.45, 7) is -7.63. The van der Waals surface area contributed by atoms with Gasteiger partial charge in [0.05, 0.1) is 78.8 Å². The summed E-state index contributed by atoms with van der Waals surface area (Å²) < 4.78 is 140. The van der Waals surface area contributed by atoms with Gasteiger partial charge in [-0.1, -0.05) is 0 Å². The van der Waals surface area contributed by atoms with Crippen LogP contribution in [0.5, 0.6) is 0 Å². The highest BCUT2D eigenvalue weighted by molar-refractivity contribution is 5.75. The number of nitrogens with one attached hydrogen (secondary N) is 5. The zero-order chi connectivity index (χ0) is 108. The lowest BCUT2D eigenvalue weighted by Gasteiger charge is -2.53. The van der Waals surface area contributed by atoms with E-state index in [0.717, 1.165) is 34.6 Å². The van der Waals surface area contributed by atoms with Crippen LogP contribution >= 0.6 is 0 Å². The number of aliphatic hydroxyl groups is 32. The maximum absolute atomic E-state index is 13.8. The number of amides is 5. The van der Waals surface area contributed by atoms with Gasteiger partial charge in [0.2, 0.25) is 29.5 Å². The third kappa shape index (κ3) is 27.0. The normalized spacial score (nSPS) is 49.6. The van der Waals surface area contributed by atoms with Crippen LogP contribution in [0.25, 0.3) is 0 Å². The van der Waals surface area contributed by atoms with Gasteiger partial charge in [-0.05, 0) is 6.92 Å². The van der Waals surface area contributed by atoms with Crippen LogP contribution in [0.2, 0.25) is 0 Å². The summed E-state index contributed by atoms with van der Waals surface area (Å²) in [4.78, 5) is 66.3. The van der Waals surface area contributed by atoms with E-state index in [1.165, 1.54) is 6.92 Å². The molecule has 12 heterocycles. The molecule has 147 heavy (non-hydrogen) atoms. The number of rotatable bonds is 38. The average molecular weight is 2150 g/mol. The van der Waals surface area contributed by atoms with Gasteiger partial charge in [0, 0.05) is 34.6 Å². The predicted octanol–water partition coefficient (Wildman–Crippen LogP) is -25.4. The standard InChI is InChI=1S/C82H137N5O60/c1-18-40(101)52(113)56(117)76(128-18)126-16-33-66(49(110)35(71(124)129-33)83-19(2)96)141-75-39(87-23(6)100)51(112)64(30(13-94)136-75)143-81-62(123)69(146-82-70(147-73-37(85-21(4)98)48(109)42(103)25(8-89)131-73)60(121)65(31(14-95)137-82)140-74-38(86-22(5)99)50(111)63(29(12-93)135-74)142-79-58(119)54(115)44(105)27(10-91)133-79)67(144-72-36(84-20(3)97)47(108)41(102)24(7-88)130-72)34(139-81)17-127-78-61(122)68(145-80-59(120)55(116)45(106)28(11-92)134-80)46(107)32(138-78)15-125-77-57(118)53(114)43(104)26(9-90)132-77/h18,24-82,88-95,101-124H,7-17H2,1-6H3,(H,83,96)(H,84,97)(H,85,98)(H,86,99)(H,87,100)/t18-,24+,25+,26+,27+,28+,29+,30+,31+,32+,33+,34+,35+,36+,37+,38+,39+,40+,41+,42+,43+,44-,45+,46+,47+,48+,49+,50+,51+,52+,53-,54-,55-,56-,57-,58+,59-,60-,61-,62-,63+,64+,65+,66+,67+,68-,69+,70-,71+,72-,73-,74-,75-,76+,77-,78-,79-,80+,81-,82+/m0/s1. The third-order valence-corrected chi connectivity index (χ3v) is 27.0. The van der Waals surface area contributed by atoms with Crippen LogP contribution in [-0.4, -0.2) is 634 Å². The first kappa shape index (κ1) is 121. The fourth-order valence-corrected chi connectivity index (χ4v) is 19.1. The summed E-state index contributed by atoms with van der Waals surface area (Å²) >= 11 is 0. The third-order valence-electron chi connectivity index (χ3n) is 27.0. The van der Waals surface area contributed by atoms with Crippen LogP contribution in [0.15, 0.2) is 0 Å². The lowest BCUT2D eigenvalue weighted by atomic mass is 9.93. The summed E-state index contributed by atoms with van der Waals surface area (Å²) in [5.41, 5.74) is 0. The van der Waals surface area contributed by atoms with Gasteiger partial charge < -0.3 is 299 Å². The highest BCUT2D eigenvalue weighted by Crippen LogP contribution is 2.43. The van der Waals surface area contributed by atoms with E-state index in [0.29, 0.717) is 0 Å². The molecule has 5 amide bonds. The average Bonchev–Trinajstić information content (AvgIpc) is 0.749. The fraction of sp³-hybridized carbons (Fsp3) is 0.939. The Bertz CT molecular complexity index is 4110. The molecule has 12 aliphatic heterocycles. The Morgan fingerprint density at radius 3 is 0.823 bits per heavy atom. The molecule has 0 bridgehead atoms. The number of carbonyl (C=O) groups is 5. The first-order valence-corrected chi connectivity index (χ1v) is 47.0. The first-order chi connectivity index (χ1) is 69.5. The number of carbonyl (C=O) groups excluding carboxylic acids is 5. The van der Waals surface area contributed by atoms with Crippen molar-refractivity contribution in [1.82, 2.24) is 26.6 Å². The van der Waals surface area contributed by atoms with Crippen molar-refractivity contribution in [1.29, 1.82) is 0 Å². The molecule has 65 heteroatoms. The second kappa shape index (κ2) is 52.8. The molecule has 65 nitrogen and oxygen atoms in total. The summed E-state index contributed by atoms with van der Waals surface area (Å²) in [5, 5.41) is 376. The molecule has 37 N–H and O–H groups in total. The zero-order valence-electron chi connectivity index (χ0n) is 79.2.